The standard InChI is InChI=1S/C18H26N6O2.HI/c1-3-19-18(21-13-15-4-6-20-17(12-15)25-2)24-9-7-23(8-10-24)14-16-5-11-26-22-16;/h4-6,11-12H,3,7-10,13-14H2,1-2H3,(H,19,21);1H. The fourth-order valence-corrected chi connectivity index (χ4v) is 2.92. The molecule has 0 amide bonds. The van der Waals surface area contributed by atoms with Crippen molar-refractivity contribution in [3.8, 4) is 5.88 Å². The highest BCUT2D eigenvalue weighted by molar-refractivity contribution is 14.0. The maximum absolute atomic E-state index is 5.18. The summed E-state index contributed by atoms with van der Waals surface area (Å²) < 4.78 is 10.1. The Morgan fingerprint density at radius 1 is 1.30 bits per heavy atom. The zero-order chi connectivity index (χ0) is 18.2. The Bertz CT molecular complexity index is 702. The lowest BCUT2D eigenvalue weighted by Gasteiger charge is -2.36. The highest BCUT2D eigenvalue weighted by Crippen LogP contribution is 2.11. The first kappa shape index (κ1) is 21.4. The van der Waals surface area contributed by atoms with Crippen LogP contribution in [0.2, 0.25) is 0 Å². The van der Waals surface area contributed by atoms with Gasteiger partial charge in [-0.3, -0.25) is 4.90 Å². The number of nitrogens with one attached hydrogen (secondary N) is 1. The van der Waals surface area contributed by atoms with E-state index in [1.807, 2.05) is 18.2 Å². The third-order valence-electron chi connectivity index (χ3n) is 4.30. The number of pyridine rings is 1. The van der Waals surface area contributed by atoms with Gasteiger partial charge < -0.3 is 19.5 Å². The summed E-state index contributed by atoms with van der Waals surface area (Å²) in [5.41, 5.74) is 2.06. The van der Waals surface area contributed by atoms with Gasteiger partial charge in [0.2, 0.25) is 5.88 Å². The van der Waals surface area contributed by atoms with E-state index in [9.17, 15) is 0 Å². The number of aromatic nitrogens is 2. The van der Waals surface area contributed by atoms with Gasteiger partial charge in [0.25, 0.3) is 0 Å². The van der Waals surface area contributed by atoms with Gasteiger partial charge in [-0.1, -0.05) is 5.16 Å². The minimum Gasteiger partial charge on any atom is -0.481 e. The molecule has 2 aromatic heterocycles. The van der Waals surface area contributed by atoms with E-state index in [0.29, 0.717) is 12.4 Å². The molecule has 148 valence electrons. The summed E-state index contributed by atoms with van der Waals surface area (Å²) in [5.74, 6) is 1.56. The Kier molecular flexibility index (Phi) is 8.79. The minimum atomic E-state index is 0. The average Bonchev–Trinajstić information content (AvgIpc) is 3.19. The van der Waals surface area contributed by atoms with E-state index in [1.54, 1.807) is 19.6 Å². The number of aliphatic imine (C=N–C) groups is 1. The number of hydrogen-bond acceptors (Lipinski definition) is 6. The molecule has 2 aromatic rings. The fraction of sp³-hybridized carbons (Fsp3) is 0.500. The second kappa shape index (κ2) is 11.1. The van der Waals surface area contributed by atoms with Crippen LogP contribution in [0.1, 0.15) is 18.2 Å². The lowest BCUT2D eigenvalue weighted by molar-refractivity contribution is 0.169. The third kappa shape index (κ3) is 6.35. The zero-order valence-corrected chi connectivity index (χ0v) is 18.1. The Morgan fingerprint density at radius 2 is 2.11 bits per heavy atom. The molecule has 0 aromatic carbocycles. The predicted octanol–water partition coefficient (Wildman–Crippen LogP) is 1.98. The van der Waals surface area contributed by atoms with Gasteiger partial charge in [-0.15, -0.1) is 24.0 Å². The number of guanidine groups is 1. The third-order valence-corrected chi connectivity index (χ3v) is 4.30. The Balaban J connectivity index is 0.00000261. The lowest BCUT2D eigenvalue weighted by Crippen LogP contribution is -2.52. The highest BCUT2D eigenvalue weighted by Gasteiger charge is 2.20. The molecule has 0 unspecified atom stereocenters. The van der Waals surface area contributed by atoms with Crippen molar-refractivity contribution in [1.29, 1.82) is 0 Å². The van der Waals surface area contributed by atoms with Crippen molar-refractivity contribution in [3.63, 3.8) is 0 Å². The molecule has 3 rings (SSSR count). The molecule has 1 aliphatic heterocycles. The van der Waals surface area contributed by atoms with Crippen LogP contribution in [0.5, 0.6) is 5.88 Å². The number of halogens is 1. The van der Waals surface area contributed by atoms with Gasteiger partial charge in [-0.25, -0.2) is 9.98 Å². The summed E-state index contributed by atoms with van der Waals surface area (Å²) >= 11 is 0. The number of rotatable bonds is 6. The average molecular weight is 486 g/mol. The van der Waals surface area contributed by atoms with Crippen LogP contribution in [0.15, 0.2) is 40.2 Å². The van der Waals surface area contributed by atoms with E-state index in [-0.39, 0.29) is 24.0 Å². The van der Waals surface area contributed by atoms with Crippen LogP contribution in [0, 0.1) is 0 Å². The van der Waals surface area contributed by atoms with Gasteiger partial charge in [0.15, 0.2) is 5.96 Å². The van der Waals surface area contributed by atoms with Gasteiger partial charge in [-0.2, -0.15) is 0 Å². The summed E-state index contributed by atoms with van der Waals surface area (Å²) in [6.45, 7) is 8.17. The van der Waals surface area contributed by atoms with Crippen molar-refractivity contribution in [2.45, 2.75) is 20.0 Å². The molecule has 3 heterocycles. The van der Waals surface area contributed by atoms with E-state index in [0.717, 1.165) is 56.5 Å². The van der Waals surface area contributed by atoms with E-state index in [2.05, 4.69) is 32.2 Å². The molecule has 1 fully saturated rings. The SMILES string of the molecule is CCNC(=NCc1ccnc(OC)c1)N1CCN(Cc2ccon2)CC1.I. The van der Waals surface area contributed by atoms with Gasteiger partial charge in [0.1, 0.15) is 6.26 Å². The Labute approximate surface area is 177 Å². The topological polar surface area (TPSA) is 79.0 Å². The molecule has 0 aliphatic carbocycles. The van der Waals surface area contributed by atoms with Gasteiger partial charge >= 0.3 is 0 Å². The number of nitrogens with zero attached hydrogens (tertiary/aromatic N) is 5. The van der Waals surface area contributed by atoms with E-state index in [1.165, 1.54) is 0 Å². The maximum atomic E-state index is 5.18. The summed E-state index contributed by atoms with van der Waals surface area (Å²) in [5, 5.41) is 7.38. The second-order valence-corrected chi connectivity index (χ2v) is 6.13. The quantitative estimate of drug-likeness (QED) is 0.380. The molecule has 0 radical (unpaired) electrons. The number of methoxy groups -OCH3 is 1. The molecule has 0 bridgehead atoms. The summed E-state index contributed by atoms with van der Waals surface area (Å²) in [6, 6.07) is 5.80. The van der Waals surface area contributed by atoms with Gasteiger partial charge in [0, 0.05) is 57.6 Å². The number of ether oxygens (including phenoxy) is 1. The molecular weight excluding hydrogens is 459 g/mol. The van der Waals surface area contributed by atoms with Crippen molar-refractivity contribution in [2.24, 2.45) is 4.99 Å². The molecule has 8 nitrogen and oxygen atoms in total. The van der Waals surface area contributed by atoms with Gasteiger partial charge in [0.05, 0.1) is 19.3 Å². The van der Waals surface area contributed by atoms with Crippen LogP contribution in [0.4, 0.5) is 0 Å². The maximum Gasteiger partial charge on any atom is 0.213 e. The molecule has 0 spiro atoms. The van der Waals surface area contributed by atoms with Crippen LogP contribution < -0.4 is 10.1 Å². The van der Waals surface area contributed by atoms with E-state index < -0.39 is 0 Å². The first-order valence-electron chi connectivity index (χ1n) is 8.92. The van der Waals surface area contributed by atoms with E-state index in [4.69, 9.17) is 14.3 Å². The Hall–Kier alpha value is -1.88. The molecule has 1 aliphatic rings. The molecular formula is C18H27IN6O2. The normalized spacial score (nSPS) is 15.3. The van der Waals surface area contributed by atoms with Crippen LogP contribution in [-0.4, -0.2) is 65.7 Å². The van der Waals surface area contributed by atoms with Crippen molar-refractivity contribution in [3.05, 3.63) is 41.9 Å². The summed E-state index contributed by atoms with van der Waals surface area (Å²) in [6.07, 6.45) is 3.37. The lowest BCUT2D eigenvalue weighted by atomic mass is 10.2. The monoisotopic (exact) mass is 486 g/mol. The summed E-state index contributed by atoms with van der Waals surface area (Å²) in [4.78, 5) is 13.6. The smallest absolute Gasteiger partial charge is 0.213 e. The van der Waals surface area contributed by atoms with Crippen molar-refractivity contribution in [2.75, 3.05) is 39.8 Å². The minimum absolute atomic E-state index is 0. The molecule has 27 heavy (non-hydrogen) atoms. The van der Waals surface area contributed by atoms with Crippen molar-refractivity contribution < 1.29 is 9.26 Å². The van der Waals surface area contributed by atoms with Crippen molar-refractivity contribution in [1.82, 2.24) is 25.3 Å². The fourth-order valence-electron chi connectivity index (χ4n) is 2.92. The molecule has 1 N–H and O–H groups in total. The zero-order valence-electron chi connectivity index (χ0n) is 15.8. The molecule has 9 heteroatoms. The van der Waals surface area contributed by atoms with Crippen LogP contribution >= 0.6 is 24.0 Å². The Morgan fingerprint density at radius 3 is 2.78 bits per heavy atom. The van der Waals surface area contributed by atoms with Gasteiger partial charge in [-0.05, 0) is 18.6 Å². The largest absolute Gasteiger partial charge is 0.481 e. The number of hydrogen-bond donors (Lipinski definition) is 1. The van der Waals surface area contributed by atoms with E-state index >= 15 is 0 Å². The first-order valence-corrected chi connectivity index (χ1v) is 8.92. The molecule has 0 saturated carbocycles. The number of piperazine rings is 1. The second-order valence-electron chi connectivity index (χ2n) is 6.13. The summed E-state index contributed by atoms with van der Waals surface area (Å²) in [7, 11) is 1.62. The molecule has 0 atom stereocenters. The molecule has 1 saturated heterocycles. The predicted molar refractivity (Wildman–Crippen MR) is 114 cm³/mol. The van der Waals surface area contributed by atoms with Crippen LogP contribution in [-0.2, 0) is 13.1 Å². The van der Waals surface area contributed by atoms with Crippen LogP contribution in [0.3, 0.4) is 0 Å². The highest BCUT2D eigenvalue weighted by atomic mass is 127. The van der Waals surface area contributed by atoms with Crippen molar-refractivity contribution >= 4 is 29.9 Å². The van der Waals surface area contributed by atoms with Crippen LogP contribution in [0.25, 0.3) is 0 Å². The first-order chi connectivity index (χ1) is 12.8.